The molecule has 3 heterocycles. The fourth-order valence-corrected chi connectivity index (χ4v) is 5.68. The lowest BCUT2D eigenvalue weighted by Gasteiger charge is -2.34. The van der Waals surface area contributed by atoms with Crippen molar-refractivity contribution in [1.82, 2.24) is 5.01 Å². The Morgan fingerprint density at radius 2 is 1.64 bits per heavy atom. The van der Waals surface area contributed by atoms with E-state index in [0.717, 1.165) is 16.0 Å². The molecular formula is C27H20N4O5. The van der Waals surface area contributed by atoms with Crippen LogP contribution in [0.25, 0.3) is 0 Å². The minimum absolute atomic E-state index is 0.130. The van der Waals surface area contributed by atoms with Crippen LogP contribution in [-0.4, -0.2) is 39.8 Å². The number of rotatable bonds is 4. The molecule has 0 radical (unpaired) electrons. The molecule has 6 rings (SSSR count). The third-order valence-corrected chi connectivity index (χ3v) is 7.25. The maximum Gasteiger partial charge on any atom is 0.269 e. The van der Waals surface area contributed by atoms with Crippen LogP contribution in [0.5, 0.6) is 0 Å². The van der Waals surface area contributed by atoms with Crippen LogP contribution in [0.15, 0.2) is 77.9 Å². The SMILES string of the molecule is Cc1cc([N+](=O)[O-])ccc1N1C(=O)[C@@H]2[C@H](C1=O)[C@@H]1c3ccccc3C=NN1[C@@H]2C(=O)c1ccccc1. The van der Waals surface area contributed by atoms with Crippen LogP contribution >= 0.6 is 0 Å². The van der Waals surface area contributed by atoms with Gasteiger partial charge in [-0.2, -0.15) is 5.10 Å². The van der Waals surface area contributed by atoms with E-state index in [0.29, 0.717) is 11.1 Å². The number of hydrogen-bond acceptors (Lipinski definition) is 7. The molecule has 3 aliphatic rings. The minimum atomic E-state index is -0.966. The van der Waals surface area contributed by atoms with Gasteiger partial charge >= 0.3 is 0 Å². The van der Waals surface area contributed by atoms with Gasteiger partial charge in [0.2, 0.25) is 11.8 Å². The lowest BCUT2D eigenvalue weighted by Crippen LogP contribution is -2.44. The number of carbonyl (C=O) groups is 3. The molecule has 0 unspecified atom stereocenters. The first-order valence-corrected chi connectivity index (χ1v) is 11.5. The molecule has 0 aromatic heterocycles. The number of non-ortho nitro benzene ring substituents is 1. The Balaban J connectivity index is 1.49. The number of nitro benzene ring substituents is 1. The third kappa shape index (κ3) is 3.02. The zero-order valence-corrected chi connectivity index (χ0v) is 19.1. The first-order valence-electron chi connectivity index (χ1n) is 11.5. The molecule has 0 aliphatic carbocycles. The van der Waals surface area contributed by atoms with Crippen LogP contribution in [0.1, 0.15) is 33.1 Å². The van der Waals surface area contributed by atoms with Gasteiger partial charge in [-0.1, -0.05) is 54.6 Å². The molecule has 0 spiro atoms. The van der Waals surface area contributed by atoms with E-state index >= 15 is 0 Å². The number of Topliss-reactive ketones (excluding diaryl/α,β-unsaturated/α-hetero) is 1. The second-order valence-electron chi connectivity index (χ2n) is 9.16. The maximum absolute atomic E-state index is 13.9. The average Bonchev–Trinajstić information content (AvgIpc) is 3.36. The lowest BCUT2D eigenvalue weighted by molar-refractivity contribution is -0.384. The van der Waals surface area contributed by atoms with Gasteiger partial charge in [-0.15, -0.1) is 0 Å². The van der Waals surface area contributed by atoms with Crippen LogP contribution in [-0.2, 0) is 9.59 Å². The monoisotopic (exact) mass is 480 g/mol. The molecular weight excluding hydrogens is 460 g/mol. The summed E-state index contributed by atoms with van der Waals surface area (Å²) in [7, 11) is 0. The standard InChI is InChI=1S/C27H20N4O5/c1-15-13-18(31(35)36)11-12-20(15)29-26(33)21-22(27(29)34)24(25(32)16-7-3-2-4-8-16)30-23(21)19-10-6-5-9-17(19)14-28-30/h2-14,21-24H,1H3/t21-,22+,23-,24-/m0/s1. The van der Waals surface area contributed by atoms with E-state index in [1.54, 1.807) is 48.5 Å². The summed E-state index contributed by atoms with van der Waals surface area (Å²) >= 11 is 0. The molecule has 3 aromatic rings. The number of hydrazone groups is 1. The fraction of sp³-hybridized carbons (Fsp3) is 0.185. The highest BCUT2D eigenvalue weighted by Crippen LogP contribution is 2.53. The predicted octanol–water partition coefficient (Wildman–Crippen LogP) is 3.66. The summed E-state index contributed by atoms with van der Waals surface area (Å²) < 4.78 is 0. The molecule has 2 amide bonds. The number of benzene rings is 3. The van der Waals surface area contributed by atoms with Crippen molar-refractivity contribution in [2.45, 2.75) is 19.0 Å². The van der Waals surface area contributed by atoms with Gasteiger partial charge in [0.15, 0.2) is 5.78 Å². The highest BCUT2D eigenvalue weighted by Gasteiger charge is 2.65. The van der Waals surface area contributed by atoms with Crippen molar-refractivity contribution in [2.75, 3.05) is 4.90 Å². The summed E-state index contributed by atoms with van der Waals surface area (Å²) in [6, 6.07) is 18.7. The van der Waals surface area contributed by atoms with Crippen LogP contribution in [0.2, 0.25) is 0 Å². The molecule has 178 valence electrons. The van der Waals surface area contributed by atoms with E-state index in [1.165, 1.54) is 18.2 Å². The Morgan fingerprint density at radius 1 is 0.944 bits per heavy atom. The molecule has 0 N–H and O–H groups in total. The van der Waals surface area contributed by atoms with Gasteiger partial charge in [0.25, 0.3) is 5.69 Å². The molecule has 9 heteroatoms. The molecule has 3 aromatic carbocycles. The van der Waals surface area contributed by atoms with E-state index in [1.807, 2.05) is 24.3 Å². The summed E-state index contributed by atoms with van der Waals surface area (Å²) in [5, 5.41) is 17.4. The van der Waals surface area contributed by atoms with E-state index in [4.69, 9.17) is 0 Å². The maximum atomic E-state index is 13.9. The first-order chi connectivity index (χ1) is 17.4. The van der Waals surface area contributed by atoms with Crippen LogP contribution < -0.4 is 4.90 Å². The number of ketones is 1. The molecule has 2 fully saturated rings. The van der Waals surface area contributed by atoms with Crippen LogP contribution in [0, 0.1) is 28.9 Å². The summed E-state index contributed by atoms with van der Waals surface area (Å²) in [6.45, 7) is 1.62. The van der Waals surface area contributed by atoms with E-state index in [2.05, 4.69) is 5.10 Å². The summed E-state index contributed by atoms with van der Waals surface area (Å²) in [4.78, 5) is 53.4. The zero-order chi connectivity index (χ0) is 25.1. The third-order valence-electron chi connectivity index (χ3n) is 7.25. The summed E-state index contributed by atoms with van der Waals surface area (Å²) in [5.74, 6) is -3.00. The fourth-order valence-electron chi connectivity index (χ4n) is 5.68. The van der Waals surface area contributed by atoms with Crippen LogP contribution in [0.4, 0.5) is 11.4 Å². The van der Waals surface area contributed by atoms with Gasteiger partial charge in [-0.3, -0.25) is 29.5 Å². The van der Waals surface area contributed by atoms with Crippen molar-refractivity contribution >= 4 is 35.2 Å². The molecule has 2 saturated heterocycles. The normalized spacial score (nSPS) is 23.9. The van der Waals surface area contributed by atoms with Crippen molar-refractivity contribution in [1.29, 1.82) is 0 Å². The number of hydrogen-bond donors (Lipinski definition) is 0. The molecule has 9 nitrogen and oxygen atoms in total. The van der Waals surface area contributed by atoms with E-state index < -0.39 is 40.7 Å². The number of nitro groups is 1. The second-order valence-corrected chi connectivity index (χ2v) is 9.16. The number of anilines is 1. The molecule has 36 heavy (non-hydrogen) atoms. The highest BCUT2D eigenvalue weighted by atomic mass is 16.6. The van der Waals surface area contributed by atoms with Gasteiger partial charge in [0.05, 0.1) is 34.7 Å². The average molecular weight is 480 g/mol. The predicted molar refractivity (Wildman–Crippen MR) is 130 cm³/mol. The number of aryl methyl sites for hydroxylation is 1. The highest BCUT2D eigenvalue weighted by molar-refractivity contribution is 6.25. The van der Waals surface area contributed by atoms with Crippen LogP contribution in [0.3, 0.4) is 0 Å². The number of fused-ring (bicyclic) bond motifs is 5. The summed E-state index contributed by atoms with van der Waals surface area (Å²) in [6.07, 6.45) is 1.66. The van der Waals surface area contributed by atoms with E-state index in [-0.39, 0.29) is 17.2 Å². The Labute approximate surface area is 205 Å². The lowest BCUT2D eigenvalue weighted by atomic mass is 9.83. The zero-order valence-electron chi connectivity index (χ0n) is 19.1. The van der Waals surface area contributed by atoms with Crippen molar-refractivity contribution < 1.29 is 19.3 Å². The quantitative estimate of drug-likeness (QED) is 0.244. The van der Waals surface area contributed by atoms with E-state index in [9.17, 15) is 24.5 Å². The van der Waals surface area contributed by atoms with Gasteiger partial charge < -0.3 is 0 Å². The van der Waals surface area contributed by atoms with Crippen molar-refractivity contribution in [3.05, 3.63) is 105 Å². The topological polar surface area (TPSA) is 113 Å². The Bertz CT molecular complexity index is 1480. The van der Waals surface area contributed by atoms with Gasteiger partial charge in [0.1, 0.15) is 6.04 Å². The first kappa shape index (κ1) is 21.8. The van der Waals surface area contributed by atoms with Crippen molar-refractivity contribution in [3.8, 4) is 0 Å². The molecule has 4 atom stereocenters. The number of imide groups is 1. The Morgan fingerprint density at radius 3 is 2.36 bits per heavy atom. The van der Waals surface area contributed by atoms with Gasteiger partial charge in [0, 0.05) is 17.7 Å². The summed E-state index contributed by atoms with van der Waals surface area (Å²) in [5.41, 5.74) is 2.67. The second kappa shape index (κ2) is 7.94. The number of amides is 2. The Hall–Kier alpha value is -4.66. The molecule has 3 aliphatic heterocycles. The minimum Gasteiger partial charge on any atom is -0.292 e. The van der Waals surface area contributed by atoms with Crippen molar-refractivity contribution in [3.63, 3.8) is 0 Å². The van der Waals surface area contributed by atoms with Crippen molar-refractivity contribution in [2.24, 2.45) is 16.9 Å². The molecule has 0 saturated carbocycles. The van der Waals surface area contributed by atoms with Gasteiger partial charge in [-0.05, 0) is 29.7 Å². The Kier molecular flexibility index (Phi) is 4.82. The molecule has 0 bridgehead atoms. The number of carbonyl (C=O) groups excluding carboxylic acids is 3. The largest absolute Gasteiger partial charge is 0.292 e. The van der Waals surface area contributed by atoms with Gasteiger partial charge in [-0.25, -0.2) is 4.90 Å². The number of nitrogens with zero attached hydrogens (tertiary/aromatic N) is 4. The smallest absolute Gasteiger partial charge is 0.269 e.